The van der Waals surface area contributed by atoms with E-state index in [1.165, 1.54) is 6.20 Å². The number of hydrogen-bond donors (Lipinski definition) is 0. The number of nitrogens with zero attached hydrogens (tertiary/aromatic N) is 2. The Labute approximate surface area is 106 Å². The van der Waals surface area contributed by atoms with E-state index >= 15 is 0 Å². The molecule has 2 heterocycles. The molecule has 1 aliphatic heterocycles. The number of nitriles is 1. The van der Waals surface area contributed by atoms with Crippen LogP contribution in [-0.4, -0.2) is 19.4 Å². The summed E-state index contributed by atoms with van der Waals surface area (Å²) in [6.07, 6.45) is 2.85. The zero-order valence-electron chi connectivity index (χ0n) is 10.1. The fraction of sp³-hybridized carbons (Fsp3) is 0.500. The van der Waals surface area contributed by atoms with Gasteiger partial charge in [0, 0.05) is 12.5 Å². The molecule has 0 amide bonds. The van der Waals surface area contributed by atoms with E-state index in [1.54, 1.807) is 13.0 Å². The molecule has 1 aliphatic rings. The van der Waals surface area contributed by atoms with E-state index in [4.69, 9.17) is 5.26 Å². The average molecular weight is 266 g/mol. The molecule has 1 aromatic heterocycles. The monoisotopic (exact) mass is 266 g/mol. The third-order valence-corrected chi connectivity index (χ3v) is 5.70. The first-order valence-electron chi connectivity index (χ1n) is 5.78. The van der Waals surface area contributed by atoms with Crippen molar-refractivity contribution in [1.29, 1.82) is 5.26 Å². The molecule has 0 radical (unpaired) electrons. The van der Waals surface area contributed by atoms with E-state index < -0.39 is 15.1 Å². The summed E-state index contributed by atoms with van der Waals surface area (Å²) in [5.41, 5.74) is 1.39. The molecule has 1 unspecified atom stereocenters. The molecule has 0 aromatic carbocycles. The zero-order valence-corrected chi connectivity index (χ0v) is 10.9. The van der Waals surface area contributed by atoms with Gasteiger partial charge in [-0.05, 0) is 25.3 Å². The molecular weight excluding hydrogens is 252 g/mol. The maximum absolute atomic E-state index is 11.8. The lowest BCUT2D eigenvalue weighted by atomic mass is 10.0. The summed E-state index contributed by atoms with van der Waals surface area (Å²) in [5, 5.41) is 20.0. The summed E-state index contributed by atoms with van der Waals surface area (Å²) < 4.78 is 24.2. The minimum atomic E-state index is -3.03. The highest BCUT2D eigenvalue weighted by Gasteiger charge is 2.32. The van der Waals surface area contributed by atoms with Crippen molar-refractivity contribution >= 4 is 9.84 Å². The predicted molar refractivity (Wildman–Crippen MR) is 65.4 cm³/mol. The van der Waals surface area contributed by atoms with Crippen LogP contribution in [0.3, 0.4) is 0 Å². The fourth-order valence-corrected chi connectivity index (χ4v) is 4.16. The van der Waals surface area contributed by atoms with Gasteiger partial charge < -0.3 is 5.21 Å². The van der Waals surface area contributed by atoms with Crippen LogP contribution in [0.2, 0.25) is 0 Å². The van der Waals surface area contributed by atoms with Gasteiger partial charge in [0.05, 0.1) is 11.0 Å². The van der Waals surface area contributed by atoms with Crippen LogP contribution in [-0.2, 0) is 16.3 Å². The molecule has 1 atom stereocenters. The molecule has 2 rings (SSSR count). The predicted octanol–water partition coefficient (Wildman–Crippen LogP) is 0.620. The maximum atomic E-state index is 11.8. The summed E-state index contributed by atoms with van der Waals surface area (Å²) >= 11 is 0. The van der Waals surface area contributed by atoms with E-state index in [1.807, 2.05) is 6.07 Å². The third kappa shape index (κ3) is 2.31. The molecule has 0 aliphatic carbocycles. The average Bonchev–Trinajstić information content (AvgIpc) is 2.64. The summed E-state index contributed by atoms with van der Waals surface area (Å²) in [5.74, 6) is 0.228. The van der Waals surface area contributed by atoms with Crippen molar-refractivity contribution in [1.82, 2.24) is 0 Å². The van der Waals surface area contributed by atoms with Crippen LogP contribution in [0, 0.1) is 23.5 Å². The third-order valence-electron chi connectivity index (χ3n) is 3.42. The molecule has 96 valence electrons. The fourth-order valence-electron chi connectivity index (χ4n) is 2.29. The van der Waals surface area contributed by atoms with Gasteiger partial charge in [-0.15, -0.1) is 0 Å². The zero-order chi connectivity index (χ0) is 13.3. The standard InChI is InChI=1S/C12H14N2O3S/c1-9-11(5-10(7-13)8-14(9)15)6-12-3-2-4-18(12,16)17/h5,8,12H,2-4,6H2,1H3. The lowest BCUT2D eigenvalue weighted by Gasteiger charge is -2.11. The van der Waals surface area contributed by atoms with Gasteiger partial charge >= 0.3 is 0 Å². The van der Waals surface area contributed by atoms with Gasteiger partial charge in [-0.1, -0.05) is 0 Å². The lowest BCUT2D eigenvalue weighted by molar-refractivity contribution is -0.612. The SMILES string of the molecule is Cc1c(CC2CCCS2(=O)=O)cc(C#N)c[n+]1[O-]. The van der Waals surface area contributed by atoms with Crippen molar-refractivity contribution in [3.05, 3.63) is 34.3 Å². The Balaban J connectivity index is 2.35. The molecule has 5 nitrogen and oxygen atoms in total. The molecular formula is C12H14N2O3S. The second-order valence-electron chi connectivity index (χ2n) is 4.61. The van der Waals surface area contributed by atoms with Crippen LogP contribution in [0.4, 0.5) is 0 Å². The number of sulfone groups is 1. The Morgan fingerprint density at radius 2 is 2.33 bits per heavy atom. The molecule has 18 heavy (non-hydrogen) atoms. The number of aromatic nitrogens is 1. The summed E-state index contributed by atoms with van der Waals surface area (Å²) in [6, 6.07) is 3.52. The van der Waals surface area contributed by atoms with E-state index in [2.05, 4.69) is 0 Å². The second-order valence-corrected chi connectivity index (χ2v) is 7.01. The van der Waals surface area contributed by atoms with Crippen molar-refractivity contribution < 1.29 is 13.1 Å². The largest absolute Gasteiger partial charge is 0.618 e. The molecule has 1 saturated heterocycles. The second kappa shape index (κ2) is 4.58. The summed E-state index contributed by atoms with van der Waals surface area (Å²) in [6.45, 7) is 1.64. The molecule has 0 spiro atoms. The first kappa shape index (κ1) is 12.8. The Hall–Kier alpha value is -1.61. The van der Waals surface area contributed by atoms with Crippen molar-refractivity contribution in [3.8, 4) is 6.07 Å². The highest BCUT2D eigenvalue weighted by Crippen LogP contribution is 2.24. The van der Waals surface area contributed by atoms with E-state index in [9.17, 15) is 13.6 Å². The van der Waals surface area contributed by atoms with Gasteiger partial charge in [-0.3, -0.25) is 0 Å². The van der Waals surface area contributed by atoms with Gasteiger partial charge in [-0.2, -0.15) is 9.99 Å². The van der Waals surface area contributed by atoms with E-state index in [0.29, 0.717) is 35.3 Å². The Morgan fingerprint density at radius 1 is 1.61 bits per heavy atom. The topological polar surface area (TPSA) is 84.9 Å². The molecule has 1 fully saturated rings. The minimum Gasteiger partial charge on any atom is -0.618 e. The smallest absolute Gasteiger partial charge is 0.198 e. The quantitative estimate of drug-likeness (QED) is 0.580. The molecule has 0 bridgehead atoms. The van der Waals surface area contributed by atoms with Gasteiger partial charge in [0.25, 0.3) is 0 Å². The molecule has 1 aromatic rings. The Kier molecular flexibility index (Phi) is 3.26. The molecule has 0 N–H and O–H groups in total. The highest BCUT2D eigenvalue weighted by molar-refractivity contribution is 7.92. The summed E-state index contributed by atoms with van der Waals surface area (Å²) in [4.78, 5) is 0. The van der Waals surface area contributed by atoms with Crippen molar-refractivity contribution in [2.75, 3.05) is 5.75 Å². The minimum absolute atomic E-state index is 0.228. The first-order valence-corrected chi connectivity index (χ1v) is 7.50. The number of rotatable bonds is 2. The van der Waals surface area contributed by atoms with Crippen LogP contribution in [0.1, 0.15) is 29.7 Å². The highest BCUT2D eigenvalue weighted by atomic mass is 32.2. The summed E-state index contributed by atoms with van der Waals surface area (Å²) in [7, 11) is -3.03. The van der Waals surface area contributed by atoms with Crippen LogP contribution >= 0.6 is 0 Å². The Morgan fingerprint density at radius 3 is 2.89 bits per heavy atom. The van der Waals surface area contributed by atoms with Gasteiger partial charge in [0.15, 0.2) is 21.7 Å². The van der Waals surface area contributed by atoms with Gasteiger partial charge in [-0.25, -0.2) is 8.42 Å². The van der Waals surface area contributed by atoms with E-state index in [-0.39, 0.29) is 11.3 Å². The van der Waals surface area contributed by atoms with E-state index in [0.717, 1.165) is 0 Å². The van der Waals surface area contributed by atoms with Crippen molar-refractivity contribution in [2.24, 2.45) is 0 Å². The van der Waals surface area contributed by atoms with Crippen LogP contribution in [0.5, 0.6) is 0 Å². The number of hydrogen-bond acceptors (Lipinski definition) is 4. The maximum Gasteiger partial charge on any atom is 0.198 e. The Bertz CT molecular complexity index is 617. The van der Waals surface area contributed by atoms with Crippen LogP contribution < -0.4 is 4.73 Å². The normalized spacial score (nSPS) is 21.7. The first-order chi connectivity index (χ1) is 8.44. The van der Waals surface area contributed by atoms with Gasteiger partial charge in [0.2, 0.25) is 0 Å². The molecule has 6 heteroatoms. The van der Waals surface area contributed by atoms with Gasteiger partial charge in [0.1, 0.15) is 11.6 Å². The van der Waals surface area contributed by atoms with Crippen LogP contribution in [0.25, 0.3) is 0 Å². The van der Waals surface area contributed by atoms with Crippen molar-refractivity contribution in [2.45, 2.75) is 31.4 Å². The lowest BCUT2D eigenvalue weighted by Crippen LogP contribution is -2.32. The van der Waals surface area contributed by atoms with Crippen molar-refractivity contribution in [3.63, 3.8) is 0 Å². The number of pyridine rings is 1. The molecule has 0 saturated carbocycles. The van der Waals surface area contributed by atoms with Crippen LogP contribution in [0.15, 0.2) is 12.3 Å².